The monoisotopic (exact) mass is 873 g/mol. The highest BCUT2D eigenvalue weighted by Gasteiger charge is 2.41. The SMILES string of the molecule is Fc1c(F)c(F)c(-c2c(F)c(F)c(N(c3cccc(-c4ccc(-c5ccccc5)cc4)c3)c3c(F)c(F)c(-c4c(F)c(F)c(F)c(F)c4F)c(F)c3F)c(F)c2F)c(F)c1F. The van der Waals surface area contributed by atoms with E-state index in [4.69, 9.17) is 0 Å². The van der Waals surface area contributed by atoms with Crippen LogP contribution in [0.4, 0.5) is 96.1 Å². The molecule has 0 saturated carbocycles. The molecule has 0 fully saturated rings. The Hall–Kier alpha value is -6.92. The highest BCUT2D eigenvalue weighted by Crippen LogP contribution is 2.49. The number of nitrogens with zero attached hydrogens (tertiary/aromatic N) is 1. The van der Waals surface area contributed by atoms with Gasteiger partial charge in [0, 0.05) is 5.69 Å². The van der Waals surface area contributed by atoms with Crippen molar-refractivity contribution in [2.45, 2.75) is 0 Å². The number of hydrogen-bond acceptors (Lipinski definition) is 1. The zero-order valence-electron chi connectivity index (χ0n) is 29.3. The summed E-state index contributed by atoms with van der Waals surface area (Å²) in [7, 11) is 0. The second-order valence-electron chi connectivity index (χ2n) is 12.7. The first-order valence-corrected chi connectivity index (χ1v) is 16.6. The highest BCUT2D eigenvalue weighted by atomic mass is 19.2. The van der Waals surface area contributed by atoms with Crippen molar-refractivity contribution in [3.05, 3.63) is 184 Å². The van der Waals surface area contributed by atoms with E-state index in [2.05, 4.69) is 0 Å². The lowest BCUT2D eigenvalue weighted by molar-refractivity contribution is 0.379. The van der Waals surface area contributed by atoms with Crippen LogP contribution in [-0.4, -0.2) is 0 Å². The first-order valence-electron chi connectivity index (χ1n) is 16.6. The van der Waals surface area contributed by atoms with Gasteiger partial charge in [0.1, 0.15) is 11.4 Å². The first kappa shape index (κ1) is 42.2. The van der Waals surface area contributed by atoms with Crippen LogP contribution in [0.1, 0.15) is 0 Å². The molecule has 0 aliphatic carbocycles. The molecule has 1 nitrogen and oxygen atoms in total. The summed E-state index contributed by atoms with van der Waals surface area (Å²) in [5.41, 5.74) is -15.0. The predicted octanol–water partition coefficient (Wildman–Crippen LogP) is 14.3. The Balaban J connectivity index is 1.53. The molecule has 0 unspecified atom stereocenters. The van der Waals surface area contributed by atoms with Gasteiger partial charge in [0.05, 0.1) is 22.3 Å². The molecule has 0 spiro atoms. The average Bonchev–Trinajstić information content (AvgIpc) is 3.27. The lowest BCUT2D eigenvalue weighted by Crippen LogP contribution is -2.21. The number of hydrogen-bond donors (Lipinski definition) is 0. The van der Waals surface area contributed by atoms with Gasteiger partial charge in [0.15, 0.2) is 93.1 Å². The molecule has 0 aromatic heterocycles. The third kappa shape index (κ3) is 6.58. The van der Waals surface area contributed by atoms with Crippen molar-refractivity contribution in [2.24, 2.45) is 0 Å². The molecule has 0 radical (unpaired) electrons. The summed E-state index contributed by atoms with van der Waals surface area (Å²) in [4.78, 5) is -0.625. The van der Waals surface area contributed by atoms with Gasteiger partial charge in [0.2, 0.25) is 11.6 Å². The van der Waals surface area contributed by atoms with Gasteiger partial charge in [-0.25, -0.2) is 79.0 Å². The second kappa shape index (κ2) is 15.6. The standard InChI is InChI=1S/C42H13F18N/c43-23-19(24(44)32(52)35(55)31(23)51)21-27(47)37(57)41(38(58)28(21)48)61(18-8-4-7-17(13-18)16-11-9-15(10-12-16)14-5-2-1-3-6-14)42-39(59)29(49)22(30(50)40(42)60)20-25(45)33(53)36(56)34(54)26(20)46/h1-13H. The van der Waals surface area contributed by atoms with Gasteiger partial charge in [0.25, 0.3) is 0 Å². The summed E-state index contributed by atoms with van der Waals surface area (Å²) in [6.07, 6.45) is 0. The van der Waals surface area contributed by atoms with Gasteiger partial charge in [-0.05, 0) is 34.4 Å². The van der Waals surface area contributed by atoms with Gasteiger partial charge >= 0.3 is 0 Å². The minimum Gasteiger partial charge on any atom is -0.300 e. The van der Waals surface area contributed by atoms with Gasteiger partial charge in [-0.2, -0.15) is 0 Å². The molecule has 0 bridgehead atoms. The van der Waals surface area contributed by atoms with Crippen molar-refractivity contribution in [3.63, 3.8) is 0 Å². The van der Waals surface area contributed by atoms with Crippen LogP contribution >= 0.6 is 0 Å². The molecule has 0 aliphatic rings. The van der Waals surface area contributed by atoms with Gasteiger partial charge in [-0.15, -0.1) is 0 Å². The zero-order valence-corrected chi connectivity index (χ0v) is 29.3. The molecule has 0 saturated heterocycles. The van der Waals surface area contributed by atoms with Crippen LogP contribution in [0.25, 0.3) is 44.5 Å². The van der Waals surface area contributed by atoms with Crippen LogP contribution in [0.5, 0.6) is 0 Å². The minimum atomic E-state index is -3.02. The van der Waals surface area contributed by atoms with E-state index in [9.17, 15) is 43.9 Å². The van der Waals surface area contributed by atoms with E-state index < -0.39 is 149 Å². The number of halogens is 18. The molecule has 0 atom stereocenters. The first-order chi connectivity index (χ1) is 28.8. The third-order valence-electron chi connectivity index (χ3n) is 9.28. The Morgan fingerprint density at radius 1 is 0.230 bits per heavy atom. The van der Waals surface area contributed by atoms with Crippen LogP contribution in [0.2, 0.25) is 0 Å². The van der Waals surface area contributed by atoms with Crippen molar-refractivity contribution in [3.8, 4) is 44.5 Å². The molecule has 7 aromatic carbocycles. The Labute approximate surface area is 329 Å². The fourth-order valence-electron chi connectivity index (χ4n) is 6.40. The third-order valence-corrected chi connectivity index (χ3v) is 9.28. The molecule has 0 aliphatic heterocycles. The molecule has 19 heteroatoms. The quantitative estimate of drug-likeness (QED) is 0.0876. The van der Waals surface area contributed by atoms with Crippen molar-refractivity contribution in [1.82, 2.24) is 0 Å². The molecular formula is C42H13F18N. The van der Waals surface area contributed by atoms with E-state index in [0.717, 1.165) is 12.1 Å². The Bertz CT molecular complexity index is 2700. The summed E-state index contributed by atoms with van der Waals surface area (Å²) in [5.74, 6) is -53.2. The largest absolute Gasteiger partial charge is 0.300 e. The van der Waals surface area contributed by atoms with Crippen molar-refractivity contribution >= 4 is 17.1 Å². The lowest BCUT2D eigenvalue weighted by atomic mass is 9.97. The highest BCUT2D eigenvalue weighted by molar-refractivity contribution is 5.85. The molecule has 0 amide bonds. The topological polar surface area (TPSA) is 3.24 Å². The van der Waals surface area contributed by atoms with Crippen LogP contribution in [-0.2, 0) is 0 Å². The Kier molecular flexibility index (Phi) is 10.8. The summed E-state index contributed by atoms with van der Waals surface area (Å²) in [5, 5.41) is 0. The van der Waals surface area contributed by atoms with Gasteiger partial charge in [-0.1, -0.05) is 66.7 Å². The maximum absolute atomic E-state index is 16.2. The summed E-state index contributed by atoms with van der Waals surface area (Å²) in [6, 6.07) is 18.1. The van der Waals surface area contributed by atoms with E-state index in [-0.39, 0.29) is 11.1 Å². The Morgan fingerprint density at radius 3 is 0.836 bits per heavy atom. The molecule has 7 rings (SSSR count). The van der Waals surface area contributed by atoms with E-state index >= 15 is 35.1 Å². The minimum absolute atomic E-state index is 0.0957. The van der Waals surface area contributed by atoms with Crippen LogP contribution in [0.3, 0.4) is 0 Å². The van der Waals surface area contributed by atoms with E-state index in [1.807, 2.05) is 0 Å². The molecule has 312 valence electrons. The van der Waals surface area contributed by atoms with Crippen molar-refractivity contribution in [2.75, 3.05) is 4.90 Å². The van der Waals surface area contributed by atoms with Crippen LogP contribution in [0.15, 0.2) is 78.9 Å². The smallest absolute Gasteiger partial charge is 0.200 e. The summed E-state index contributed by atoms with van der Waals surface area (Å²) in [6.45, 7) is 0. The average molecular weight is 874 g/mol. The Morgan fingerprint density at radius 2 is 0.492 bits per heavy atom. The second-order valence-corrected chi connectivity index (χ2v) is 12.7. The van der Waals surface area contributed by atoms with E-state index in [0.29, 0.717) is 17.2 Å². The molecule has 0 heterocycles. The maximum atomic E-state index is 16.2. The van der Waals surface area contributed by atoms with E-state index in [1.54, 1.807) is 42.5 Å². The summed E-state index contributed by atoms with van der Waals surface area (Å²) >= 11 is 0. The lowest BCUT2D eigenvalue weighted by Gasteiger charge is -2.29. The molecular weight excluding hydrogens is 860 g/mol. The van der Waals surface area contributed by atoms with Crippen molar-refractivity contribution in [1.29, 1.82) is 0 Å². The molecule has 7 aromatic rings. The fraction of sp³-hybridized carbons (Fsp3) is 0. The zero-order chi connectivity index (χ0) is 44.5. The van der Waals surface area contributed by atoms with Crippen LogP contribution < -0.4 is 4.90 Å². The van der Waals surface area contributed by atoms with Gasteiger partial charge < -0.3 is 0 Å². The van der Waals surface area contributed by atoms with E-state index in [1.165, 1.54) is 18.2 Å². The number of anilines is 3. The molecule has 61 heavy (non-hydrogen) atoms. The number of rotatable bonds is 7. The maximum Gasteiger partial charge on any atom is 0.200 e. The summed E-state index contributed by atoms with van der Waals surface area (Å²) < 4.78 is 271. The van der Waals surface area contributed by atoms with Crippen molar-refractivity contribution < 1.29 is 79.0 Å². The number of benzene rings is 7. The fourth-order valence-corrected chi connectivity index (χ4v) is 6.40. The van der Waals surface area contributed by atoms with Gasteiger partial charge in [-0.3, -0.25) is 4.90 Å². The normalized spacial score (nSPS) is 11.4. The molecule has 0 N–H and O–H groups in total. The predicted molar refractivity (Wildman–Crippen MR) is 182 cm³/mol. The van der Waals surface area contributed by atoms with Crippen LogP contribution in [0, 0.1) is 105 Å².